The fraction of sp³-hybridized carbons (Fsp3) is 0.333. The molecule has 0 saturated carbocycles. The number of aromatic nitrogens is 3. The smallest absolute Gasteiger partial charge is 0.226 e. The van der Waals surface area contributed by atoms with Crippen LogP contribution in [0.3, 0.4) is 0 Å². The second-order valence-corrected chi connectivity index (χ2v) is 7.06. The molecule has 0 radical (unpaired) electrons. The monoisotopic (exact) mass is 356 g/mol. The summed E-state index contributed by atoms with van der Waals surface area (Å²) >= 11 is 1.38. The highest BCUT2D eigenvalue weighted by atomic mass is 32.1. The number of anilines is 1. The highest BCUT2D eigenvalue weighted by molar-refractivity contribution is 7.18. The van der Waals surface area contributed by atoms with Crippen molar-refractivity contribution in [1.29, 1.82) is 0 Å². The van der Waals surface area contributed by atoms with E-state index in [2.05, 4.69) is 33.7 Å². The van der Waals surface area contributed by atoms with E-state index in [-0.39, 0.29) is 5.91 Å². The first-order chi connectivity index (χ1) is 11.9. The van der Waals surface area contributed by atoms with Crippen LogP contribution in [0.2, 0.25) is 0 Å². The van der Waals surface area contributed by atoms with Gasteiger partial charge in [-0.15, -0.1) is 10.2 Å². The van der Waals surface area contributed by atoms with E-state index in [4.69, 9.17) is 4.52 Å². The van der Waals surface area contributed by atoms with Gasteiger partial charge in [0.2, 0.25) is 11.0 Å². The van der Waals surface area contributed by atoms with Gasteiger partial charge >= 0.3 is 0 Å². The third kappa shape index (κ3) is 3.93. The fourth-order valence-corrected chi connectivity index (χ4v) is 3.57. The molecule has 3 rings (SSSR count). The summed E-state index contributed by atoms with van der Waals surface area (Å²) in [5.41, 5.74) is 5.21. The first kappa shape index (κ1) is 17.3. The van der Waals surface area contributed by atoms with E-state index >= 15 is 0 Å². The van der Waals surface area contributed by atoms with Gasteiger partial charge in [0.15, 0.2) is 0 Å². The van der Waals surface area contributed by atoms with Crippen LogP contribution in [-0.2, 0) is 11.2 Å². The molecule has 0 saturated heterocycles. The van der Waals surface area contributed by atoms with E-state index in [1.54, 1.807) is 0 Å². The topological polar surface area (TPSA) is 80.9 Å². The van der Waals surface area contributed by atoms with Gasteiger partial charge in [0.1, 0.15) is 10.8 Å². The molecule has 0 fully saturated rings. The summed E-state index contributed by atoms with van der Waals surface area (Å²) in [5, 5.41) is 16.3. The lowest BCUT2D eigenvalue weighted by molar-refractivity contribution is -0.116. The van der Waals surface area contributed by atoms with E-state index in [1.165, 1.54) is 16.9 Å². The molecule has 1 aromatic carbocycles. The molecule has 0 spiro atoms. The lowest BCUT2D eigenvalue weighted by Crippen LogP contribution is -2.12. The van der Waals surface area contributed by atoms with Crippen LogP contribution in [0.5, 0.6) is 0 Å². The largest absolute Gasteiger partial charge is 0.361 e. The Labute approximate surface area is 150 Å². The quantitative estimate of drug-likeness (QED) is 0.747. The molecule has 1 N–H and O–H groups in total. The SMILES string of the molecule is Cc1ccc(-c2nnc(NC(=O)CCc3c(C)noc3C)s2)c(C)c1. The predicted octanol–water partition coefficient (Wildman–Crippen LogP) is 4.00. The zero-order chi connectivity index (χ0) is 18.0. The Morgan fingerprint density at radius 2 is 2.00 bits per heavy atom. The van der Waals surface area contributed by atoms with Crippen LogP contribution in [0.4, 0.5) is 5.13 Å². The molecule has 0 aliphatic heterocycles. The Morgan fingerprint density at radius 1 is 1.20 bits per heavy atom. The minimum atomic E-state index is -0.0941. The van der Waals surface area contributed by atoms with Crippen LogP contribution in [0, 0.1) is 27.7 Å². The molecule has 2 aromatic heterocycles. The van der Waals surface area contributed by atoms with Crippen molar-refractivity contribution in [3.05, 3.63) is 46.3 Å². The van der Waals surface area contributed by atoms with Gasteiger partial charge in [0.25, 0.3) is 0 Å². The molecule has 2 heterocycles. The van der Waals surface area contributed by atoms with Gasteiger partial charge in [0.05, 0.1) is 5.69 Å². The average molecular weight is 356 g/mol. The van der Waals surface area contributed by atoms with E-state index in [0.29, 0.717) is 18.0 Å². The van der Waals surface area contributed by atoms with Crippen molar-refractivity contribution < 1.29 is 9.32 Å². The number of carbonyl (C=O) groups is 1. The highest BCUT2D eigenvalue weighted by Crippen LogP contribution is 2.29. The van der Waals surface area contributed by atoms with Gasteiger partial charge < -0.3 is 9.84 Å². The number of aryl methyl sites for hydroxylation is 4. The molecule has 25 heavy (non-hydrogen) atoms. The molecule has 0 unspecified atom stereocenters. The van der Waals surface area contributed by atoms with Crippen molar-refractivity contribution in [3.8, 4) is 10.6 Å². The molecule has 0 atom stereocenters. The molecular weight excluding hydrogens is 336 g/mol. The van der Waals surface area contributed by atoms with E-state index < -0.39 is 0 Å². The first-order valence-electron chi connectivity index (χ1n) is 8.07. The fourth-order valence-electron chi connectivity index (χ4n) is 2.72. The van der Waals surface area contributed by atoms with Crippen LogP contribution < -0.4 is 5.32 Å². The summed E-state index contributed by atoms with van der Waals surface area (Å²) < 4.78 is 5.12. The maximum atomic E-state index is 12.2. The molecule has 1 amide bonds. The van der Waals surface area contributed by atoms with Gasteiger partial charge in [-0.1, -0.05) is 40.3 Å². The average Bonchev–Trinajstić information content (AvgIpc) is 3.13. The van der Waals surface area contributed by atoms with Gasteiger partial charge in [-0.05, 0) is 39.7 Å². The maximum Gasteiger partial charge on any atom is 0.226 e. The molecule has 3 aromatic rings. The summed E-state index contributed by atoms with van der Waals surface area (Å²) in [5.74, 6) is 0.668. The van der Waals surface area contributed by atoms with Crippen molar-refractivity contribution in [2.45, 2.75) is 40.5 Å². The lowest BCUT2D eigenvalue weighted by Gasteiger charge is -2.02. The summed E-state index contributed by atoms with van der Waals surface area (Å²) in [6.45, 7) is 7.84. The molecule has 130 valence electrons. The maximum absolute atomic E-state index is 12.2. The van der Waals surface area contributed by atoms with Crippen molar-refractivity contribution in [2.75, 3.05) is 5.32 Å². The number of hydrogen-bond acceptors (Lipinski definition) is 6. The molecular formula is C18H20N4O2S. The number of hydrogen-bond donors (Lipinski definition) is 1. The summed E-state index contributed by atoms with van der Waals surface area (Å²) in [6, 6.07) is 6.19. The van der Waals surface area contributed by atoms with Gasteiger partial charge in [0, 0.05) is 17.5 Å². The van der Waals surface area contributed by atoms with Crippen LogP contribution in [0.15, 0.2) is 22.7 Å². The minimum Gasteiger partial charge on any atom is -0.361 e. The highest BCUT2D eigenvalue weighted by Gasteiger charge is 2.14. The lowest BCUT2D eigenvalue weighted by atomic mass is 10.1. The van der Waals surface area contributed by atoms with Crippen molar-refractivity contribution in [1.82, 2.24) is 15.4 Å². The Morgan fingerprint density at radius 3 is 2.68 bits per heavy atom. The van der Waals surface area contributed by atoms with Gasteiger partial charge in [-0.2, -0.15) is 0 Å². The minimum absolute atomic E-state index is 0.0941. The van der Waals surface area contributed by atoms with Crippen molar-refractivity contribution in [2.24, 2.45) is 0 Å². The number of nitrogens with one attached hydrogen (secondary N) is 1. The van der Waals surface area contributed by atoms with Gasteiger partial charge in [-0.25, -0.2) is 0 Å². The standard InChI is InChI=1S/C18H20N4O2S/c1-10-5-6-14(11(2)9-10)17-20-21-18(25-17)19-16(23)8-7-15-12(3)22-24-13(15)4/h5-6,9H,7-8H2,1-4H3,(H,19,21,23). The molecule has 7 heteroatoms. The third-order valence-electron chi connectivity index (χ3n) is 4.07. The number of rotatable bonds is 5. The molecule has 0 aliphatic rings. The van der Waals surface area contributed by atoms with E-state index in [0.717, 1.165) is 33.2 Å². The number of carbonyl (C=O) groups excluding carboxylic acids is 1. The normalized spacial score (nSPS) is 10.9. The first-order valence-corrected chi connectivity index (χ1v) is 8.88. The Hall–Kier alpha value is -2.54. The zero-order valence-electron chi connectivity index (χ0n) is 14.7. The molecule has 0 bridgehead atoms. The summed E-state index contributed by atoms with van der Waals surface area (Å²) in [6.07, 6.45) is 0.942. The second kappa shape index (κ2) is 7.14. The molecule has 0 aliphatic carbocycles. The van der Waals surface area contributed by atoms with E-state index in [1.807, 2.05) is 32.9 Å². The number of benzene rings is 1. The van der Waals surface area contributed by atoms with Crippen LogP contribution in [-0.4, -0.2) is 21.3 Å². The van der Waals surface area contributed by atoms with Crippen LogP contribution >= 0.6 is 11.3 Å². The van der Waals surface area contributed by atoms with Crippen molar-refractivity contribution in [3.63, 3.8) is 0 Å². The Bertz CT molecular complexity index is 894. The summed E-state index contributed by atoms with van der Waals surface area (Å²) in [4.78, 5) is 12.2. The second-order valence-electron chi connectivity index (χ2n) is 6.08. The van der Waals surface area contributed by atoms with Crippen LogP contribution in [0.1, 0.15) is 34.6 Å². The van der Waals surface area contributed by atoms with Crippen LogP contribution in [0.25, 0.3) is 10.6 Å². The summed E-state index contributed by atoms with van der Waals surface area (Å²) in [7, 11) is 0. The van der Waals surface area contributed by atoms with Crippen molar-refractivity contribution >= 4 is 22.4 Å². The Balaban J connectivity index is 1.64. The zero-order valence-corrected chi connectivity index (χ0v) is 15.5. The molecule has 6 nitrogen and oxygen atoms in total. The Kier molecular flexibility index (Phi) is 4.94. The number of amides is 1. The predicted molar refractivity (Wildman–Crippen MR) is 97.7 cm³/mol. The van der Waals surface area contributed by atoms with Gasteiger partial charge in [-0.3, -0.25) is 4.79 Å². The third-order valence-corrected chi connectivity index (χ3v) is 4.94. The number of nitrogens with zero attached hydrogens (tertiary/aromatic N) is 3. The van der Waals surface area contributed by atoms with E-state index in [9.17, 15) is 4.79 Å².